The SMILES string of the molecule is NC(=S)c1ncccc1S(=O)(=O)NC1CCOCC1. The molecule has 19 heavy (non-hydrogen) atoms. The summed E-state index contributed by atoms with van der Waals surface area (Å²) in [6, 6.07) is 2.86. The first-order chi connectivity index (χ1) is 9.00. The smallest absolute Gasteiger partial charge is 0.243 e. The molecule has 1 aromatic rings. The number of hydrogen-bond acceptors (Lipinski definition) is 5. The van der Waals surface area contributed by atoms with Crippen molar-refractivity contribution in [1.29, 1.82) is 0 Å². The van der Waals surface area contributed by atoms with E-state index in [1.807, 2.05) is 0 Å². The topological polar surface area (TPSA) is 94.3 Å². The largest absolute Gasteiger partial charge is 0.388 e. The van der Waals surface area contributed by atoms with Crippen LogP contribution in [0.1, 0.15) is 18.5 Å². The molecule has 1 fully saturated rings. The van der Waals surface area contributed by atoms with Gasteiger partial charge < -0.3 is 10.5 Å². The third-order valence-electron chi connectivity index (χ3n) is 2.84. The number of thiocarbonyl (C=S) groups is 1. The summed E-state index contributed by atoms with van der Waals surface area (Å²) < 4.78 is 32.5. The van der Waals surface area contributed by atoms with Gasteiger partial charge in [-0.15, -0.1) is 0 Å². The summed E-state index contributed by atoms with van der Waals surface area (Å²) in [7, 11) is -3.67. The van der Waals surface area contributed by atoms with Crippen molar-refractivity contribution in [3.8, 4) is 0 Å². The summed E-state index contributed by atoms with van der Waals surface area (Å²) in [6.07, 6.45) is 2.77. The molecule has 0 spiro atoms. The van der Waals surface area contributed by atoms with E-state index in [1.54, 1.807) is 6.07 Å². The van der Waals surface area contributed by atoms with Crippen LogP contribution < -0.4 is 10.5 Å². The zero-order chi connectivity index (χ0) is 13.9. The van der Waals surface area contributed by atoms with Crippen LogP contribution in [0.4, 0.5) is 0 Å². The van der Waals surface area contributed by atoms with Crippen molar-refractivity contribution in [1.82, 2.24) is 9.71 Å². The molecule has 3 N–H and O–H groups in total. The van der Waals surface area contributed by atoms with Crippen molar-refractivity contribution in [3.63, 3.8) is 0 Å². The molecule has 0 amide bonds. The van der Waals surface area contributed by atoms with E-state index in [4.69, 9.17) is 22.7 Å². The van der Waals surface area contributed by atoms with Gasteiger partial charge in [0.2, 0.25) is 10.0 Å². The third kappa shape index (κ3) is 3.47. The van der Waals surface area contributed by atoms with E-state index in [0.717, 1.165) is 0 Å². The number of sulfonamides is 1. The van der Waals surface area contributed by atoms with Crippen molar-refractivity contribution in [3.05, 3.63) is 24.0 Å². The predicted molar refractivity (Wildman–Crippen MR) is 74.3 cm³/mol. The molecule has 1 aromatic heterocycles. The molecular weight excluding hydrogens is 286 g/mol. The molecule has 2 heterocycles. The summed E-state index contributed by atoms with van der Waals surface area (Å²) >= 11 is 4.83. The number of rotatable bonds is 4. The quantitative estimate of drug-likeness (QED) is 0.770. The molecule has 2 rings (SSSR count). The van der Waals surface area contributed by atoms with Crippen LogP contribution in [0.5, 0.6) is 0 Å². The van der Waals surface area contributed by atoms with Crippen LogP contribution >= 0.6 is 12.2 Å². The number of pyridine rings is 1. The molecule has 0 aromatic carbocycles. The predicted octanol–water partition coefficient (Wildman–Crippen LogP) is 0.173. The Bertz CT molecular complexity index is 568. The first-order valence-electron chi connectivity index (χ1n) is 5.85. The Morgan fingerprint density at radius 2 is 2.16 bits per heavy atom. The van der Waals surface area contributed by atoms with Crippen molar-refractivity contribution >= 4 is 27.2 Å². The lowest BCUT2D eigenvalue weighted by molar-refractivity contribution is 0.0832. The maximum atomic E-state index is 12.3. The molecule has 6 nitrogen and oxygen atoms in total. The molecule has 0 atom stereocenters. The van der Waals surface area contributed by atoms with Crippen LogP contribution in [0.25, 0.3) is 0 Å². The van der Waals surface area contributed by atoms with Crippen molar-refractivity contribution in [2.75, 3.05) is 13.2 Å². The van der Waals surface area contributed by atoms with Gasteiger partial charge in [0.05, 0.1) is 0 Å². The minimum absolute atomic E-state index is 0.0222. The van der Waals surface area contributed by atoms with Crippen molar-refractivity contribution in [2.24, 2.45) is 5.73 Å². The number of nitrogens with one attached hydrogen (secondary N) is 1. The second-order valence-electron chi connectivity index (χ2n) is 4.22. The second kappa shape index (κ2) is 5.91. The van der Waals surface area contributed by atoms with Gasteiger partial charge in [-0.05, 0) is 25.0 Å². The Kier molecular flexibility index (Phi) is 4.46. The van der Waals surface area contributed by atoms with Crippen LogP contribution in [0.2, 0.25) is 0 Å². The van der Waals surface area contributed by atoms with Crippen LogP contribution in [-0.2, 0) is 14.8 Å². The zero-order valence-electron chi connectivity index (χ0n) is 10.2. The van der Waals surface area contributed by atoms with Gasteiger partial charge in [0.1, 0.15) is 15.6 Å². The Labute approximate surface area is 117 Å². The maximum absolute atomic E-state index is 12.3. The van der Waals surface area contributed by atoms with Gasteiger partial charge in [-0.2, -0.15) is 0 Å². The van der Waals surface area contributed by atoms with Gasteiger partial charge in [0.25, 0.3) is 0 Å². The number of ether oxygens (including phenoxy) is 1. The molecule has 0 aliphatic carbocycles. The Hall–Kier alpha value is -1.09. The van der Waals surface area contributed by atoms with Gasteiger partial charge >= 0.3 is 0 Å². The first-order valence-corrected chi connectivity index (χ1v) is 7.75. The molecule has 8 heteroatoms. The third-order valence-corrected chi connectivity index (χ3v) is 4.58. The Morgan fingerprint density at radius 3 is 2.79 bits per heavy atom. The summed E-state index contributed by atoms with van der Waals surface area (Å²) in [6.45, 7) is 1.12. The van der Waals surface area contributed by atoms with Gasteiger partial charge in [-0.1, -0.05) is 12.2 Å². The van der Waals surface area contributed by atoms with E-state index in [1.165, 1.54) is 12.3 Å². The van der Waals surface area contributed by atoms with E-state index in [-0.39, 0.29) is 21.6 Å². The first kappa shape index (κ1) is 14.3. The van der Waals surface area contributed by atoms with E-state index >= 15 is 0 Å². The van der Waals surface area contributed by atoms with E-state index < -0.39 is 10.0 Å². The van der Waals surface area contributed by atoms with Crippen molar-refractivity contribution < 1.29 is 13.2 Å². The van der Waals surface area contributed by atoms with Gasteiger partial charge in [-0.25, -0.2) is 13.1 Å². The van der Waals surface area contributed by atoms with Crippen LogP contribution in [0.15, 0.2) is 23.2 Å². The zero-order valence-corrected chi connectivity index (χ0v) is 11.8. The lowest BCUT2D eigenvalue weighted by atomic mass is 10.1. The van der Waals surface area contributed by atoms with Crippen LogP contribution in [0.3, 0.4) is 0 Å². The highest BCUT2D eigenvalue weighted by molar-refractivity contribution is 7.89. The average molecular weight is 301 g/mol. The Morgan fingerprint density at radius 1 is 1.47 bits per heavy atom. The maximum Gasteiger partial charge on any atom is 0.243 e. The summed E-state index contributed by atoms with van der Waals surface area (Å²) in [5, 5.41) is 0. The molecule has 0 bridgehead atoms. The number of aromatic nitrogens is 1. The lowest BCUT2D eigenvalue weighted by Crippen LogP contribution is -2.39. The fourth-order valence-corrected chi connectivity index (χ4v) is 3.59. The highest BCUT2D eigenvalue weighted by Gasteiger charge is 2.25. The molecule has 0 radical (unpaired) electrons. The van der Waals surface area contributed by atoms with Crippen molar-refractivity contribution in [2.45, 2.75) is 23.8 Å². The summed E-state index contributed by atoms with van der Waals surface area (Å²) in [4.78, 5) is 3.92. The monoisotopic (exact) mass is 301 g/mol. The normalized spacial score (nSPS) is 17.3. The van der Waals surface area contributed by atoms with E-state index in [2.05, 4.69) is 9.71 Å². The van der Waals surface area contributed by atoms with Crippen LogP contribution in [-0.4, -0.2) is 37.6 Å². The highest BCUT2D eigenvalue weighted by Crippen LogP contribution is 2.16. The molecule has 1 aliphatic heterocycles. The van der Waals surface area contributed by atoms with Gasteiger partial charge in [0.15, 0.2) is 0 Å². The number of hydrogen-bond donors (Lipinski definition) is 2. The summed E-state index contributed by atoms with van der Waals surface area (Å²) in [5.41, 5.74) is 5.62. The fraction of sp³-hybridized carbons (Fsp3) is 0.455. The Balaban J connectivity index is 2.26. The van der Waals surface area contributed by atoms with Crippen LogP contribution in [0, 0.1) is 0 Å². The average Bonchev–Trinajstić information content (AvgIpc) is 2.39. The fourth-order valence-electron chi connectivity index (χ4n) is 1.89. The van der Waals surface area contributed by atoms with E-state index in [0.29, 0.717) is 26.1 Å². The van der Waals surface area contributed by atoms with E-state index in [9.17, 15) is 8.42 Å². The molecule has 1 aliphatic rings. The summed E-state index contributed by atoms with van der Waals surface area (Å²) in [5.74, 6) is 0. The number of nitrogens with zero attached hydrogens (tertiary/aromatic N) is 1. The number of nitrogens with two attached hydrogens (primary N) is 1. The van der Waals surface area contributed by atoms with Gasteiger partial charge in [0, 0.05) is 25.5 Å². The molecule has 0 saturated carbocycles. The highest BCUT2D eigenvalue weighted by atomic mass is 32.2. The minimum atomic E-state index is -3.67. The standard InChI is InChI=1S/C11H15N3O3S2/c12-11(18)10-9(2-1-5-13-10)19(15,16)14-8-3-6-17-7-4-8/h1-2,5,8,14H,3-4,6-7H2,(H2,12,18). The molecule has 1 saturated heterocycles. The molecular formula is C11H15N3O3S2. The second-order valence-corrected chi connectivity index (χ2v) is 6.34. The molecule has 104 valence electrons. The molecule has 0 unspecified atom stereocenters. The minimum Gasteiger partial charge on any atom is -0.388 e. The lowest BCUT2D eigenvalue weighted by Gasteiger charge is -2.23. The van der Waals surface area contributed by atoms with Gasteiger partial charge in [-0.3, -0.25) is 4.98 Å².